The molecular formula is C14H23N3O. The van der Waals surface area contributed by atoms with Gasteiger partial charge in [-0.25, -0.2) is 9.97 Å². The van der Waals surface area contributed by atoms with Gasteiger partial charge in [0.1, 0.15) is 6.61 Å². The van der Waals surface area contributed by atoms with E-state index in [0.717, 1.165) is 37.7 Å². The maximum Gasteiger partial charge on any atom is 0.154 e. The molecule has 1 aromatic heterocycles. The van der Waals surface area contributed by atoms with E-state index in [1.54, 1.807) is 0 Å². The van der Waals surface area contributed by atoms with Gasteiger partial charge in [-0.3, -0.25) is 0 Å². The van der Waals surface area contributed by atoms with Gasteiger partial charge in [0.05, 0.1) is 0 Å². The van der Waals surface area contributed by atoms with Crippen molar-refractivity contribution in [2.75, 3.05) is 19.7 Å². The number of rotatable bonds is 6. The van der Waals surface area contributed by atoms with Crippen LogP contribution in [0.25, 0.3) is 0 Å². The average Bonchev–Trinajstić information content (AvgIpc) is 2.42. The summed E-state index contributed by atoms with van der Waals surface area (Å²) < 4.78 is 5.35. The zero-order valence-electron chi connectivity index (χ0n) is 11.4. The topological polar surface area (TPSA) is 47.0 Å². The van der Waals surface area contributed by atoms with Crippen molar-refractivity contribution in [2.24, 2.45) is 5.92 Å². The monoisotopic (exact) mass is 249 g/mol. The smallest absolute Gasteiger partial charge is 0.154 e. The lowest BCUT2D eigenvalue weighted by molar-refractivity contribution is 0.128. The third kappa shape index (κ3) is 3.50. The fraction of sp³-hybridized carbons (Fsp3) is 0.714. The normalized spacial score (nSPS) is 18.7. The quantitative estimate of drug-likeness (QED) is 0.834. The van der Waals surface area contributed by atoms with E-state index in [1.165, 1.54) is 17.7 Å². The molecule has 1 aliphatic rings. The first-order valence-electron chi connectivity index (χ1n) is 6.95. The Labute approximate surface area is 109 Å². The minimum atomic E-state index is 0.532. The van der Waals surface area contributed by atoms with Crippen molar-refractivity contribution in [3.8, 4) is 0 Å². The number of ether oxygens (including phenoxy) is 1. The number of aryl methyl sites for hydroxylation is 1. The molecule has 2 rings (SSSR count). The van der Waals surface area contributed by atoms with Gasteiger partial charge >= 0.3 is 0 Å². The third-order valence-electron chi connectivity index (χ3n) is 3.42. The average molecular weight is 249 g/mol. The van der Waals surface area contributed by atoms with E-state index >= 15 is 0 Å². The predicted octanol–water partition coefficient (Wildman–Crippen LogP) is 1.73. The molecule has 0 aliphatic heterocycles. The Balaban J connectivity index is 1.97. The van der Waals surface area contributed by atoms with Crippen molar-refractivity contribution in [3.63, 3.8) is 0 Å². The summed E-state index contributed by atoms with van der Waals surface area (Å²) in [4.78, 5) is 9.00. The molecule has 0 amide bonds. The van der Waals surface area contributed by atoms with E-state index in [2.05, 4.69) is 22.2 Å². The van der Waals surface area contributed by atoms with Crippen LogP contribution in [0.5, 0.6) is 0 Å². The maximum atomic E-state index is 5.35. The van der Waals surface area contributed by atoms with Crippen molar-refractivity contribution in [3.05, 3.63) is 23.3 Å². The van der Waals surface area contributed by atoms with E-state index in [9.17, 15) is 0 Å². The predicted molar refractivity (Wildman–Crippen MR) is 71.4 cm³/mol. The van der Waals surface area contributed by atoms with Crippen LogP contribution in [0.3, 0.4) is 0 Å². The SMILES string of the molecule is CCNCC1CCc2nc(COCC)ncc2C1. The van der Waals surface area contributed by atoms with Crippen LogP contribution in [0.15, 0.2) is 6.20 Å². The molecule has 1 N–H and O–H groups in total. The highest BCUT2D eigenvalue weighted by Crippen LogP contribution is 2.23. The Morgan fingerprint density at radius 2 is 2.33 bits per heavy atom. The molecule has 0 bridgehead atoms. The Bertz CT molecular complexity index is 381. The van der Waals surface area contributed by atoms with Crippen LogP contribution in [0.2, 0.25) is 0 Å². The van der Waals surface area contributed by atoms with E-state index in [1.807, 2.05) is 13.1 Å². The largest absolute Gasteiger partial charge is 0.374 e. The molecule has 0 saturated heterocycles. The van der Waals surface area contributed by atoms with Gasteiger partial charge in [0, 0.05) is 18.5 Å². The Kier molecular flexibility index (Phi) is 5.08. The summed E-state index contributed by atoms with van der Waals surface area (Å²) in [5.41, 5.74) is 2.55. The first kappa shape index (κ1) is 13.4. The highest BCUT2D eigenvalue weighted by molar-refractivity contribution is 5.21. The number of hydrogen-bond donors (Lipinski definition) is 1. The van der Waals surface area contributed by atoms with Gasteiger partial charge in [-0.1, -0.05) is 6.92 Å². The van der Waals surface area contributed by atoms with Crippen LogP contribution in [0.1, 0.15) is 37.4 Å². The lowest BCUT2D eigenvalue weighted by Gasteiger charge is -2.24. The molecule has 0 saturated carbocycles. The number of nitrogens with zero attached hydrogens (tertiary/aromatic N) is 2. The molecule has 100 valence electrons. The second kappa shape index (κ2) is 6.81. The standard InChI is InChI=1S/C14H23N3O/c1-3-15-8-11-5-6-13-12(7-11)9-16-14(17-13)10-18-4-2/h9,11,15H,3-8,10H2,1-2H3. The first-order chi connectivity index (χ1) is 8.83. The van der Waals surface area contributed by atoms with Gasteiger partial charge in [-0.05, 0) is 50.8 Å². The molecule has 4 heteroatoms. The minimum Gasteiger partial charge on any atom is -0.374 e. The zero-order chi connectivity index (χ0) is 12.8. The Hall–Kier alpha value is -1.00. The van der Waals surface area contributed by atoms with Gasteiger partial charge in [0.2, 0.25) is 0 Å². The molecule has 4 nitrogen and oxygen atoms in total. The van der Waals surface area contributed by atoms with Crippen LogP contribution < -0.4 is 5.32 Å². The number of aromatic nitrogens is 2. The number of hydrogen-bond acceptors (Lipinski definition) is 4. The molecular weight excluding hydrogens is 226 g/mol. The first-order valence-corrected chi connectivity index (χ1v) is 6.95. The highest BCUT2D eigenvalue weighted by Gasteiger charge is 2.20. The molecule has 0 radical (unpaired) electrons. The summed E-state index contributed by atoms with van der Waals surface area (Å²) in [6.07, 6.45) is 5.41. The van der Waals surface area contributed by atoms with E-state index < -0.39 is 0 Å². The van der Waals surface area contributed by atoms with E-state index in [4.69, 9.17) is 4.74 Å². The summed E-state index contributed by atoms with van der Waals surface area (Å²) in [5.74, 6) is 1.56. The van der Waals surface area contributed by atoms with Crippen molar-refractivity contribution < 1.29 is 4.74 Å². The number of fused-ring (bicyclic) bond motifs is 1. The van der Waals surface area contributed by atoms with Crippen molar-refractivity contribution in [1.82, 2.24) is 15.3 Å². The zero-order valence-corrected chi connectivity index (χ0v) is 11.4. The second-order valence-corrected chi connectivity index (χ2v) is 4.81. The summed E-state index contributed by atoms with van der Waals surface area (Å²) in [5, 5.41) is 3.43. The minimum absolute atomic E-state index is 0.532. The number of nitrogens with one attached hydrogen (secondary N) is 1. The maximum absolute atomic E-state index is 5.35. The third-order valence-corrected chi connectivity index (χ3v) is 3.42. The second-order valence-electron chi connectivity index (χ2n) is 4.81. The lowest BCUT2D eigenvalue weighted by Crippen LogP contribution is -2.27. The van der Waals surface area contributed by atoms with Crippen molar-refractivity contribution >= 4 is 0 Å². The van der Waals surface area contributed by atoms with Gasteiger partial charge in [0.15, 0.2) is 5.82 Å². The van der Waals surface area contributed by atoms with Gasteiger partial charge in [-0.2, -0.15) is 0 Å². The molecule has 1 heterocycles. The van der Waals surface area contributed by atoms with E-state index in [-0.39, 0.29) is 0 Å². The van der Waals surface area contributed by atoms with Gasteiger partial charge in [0.25, 0.3) is 0 Å². The van der Waals surface area contributed by atoms with Crippen LogP contribution in [0, 0.1) is 5.92 Å². The summed E-state index contributed by atoms with van der Waals surface area (Å²) >= 11 is 0. The van der Waals surface area contributed by atoms with Crippen LogP contribution >= 0.6 is 0 Å². The van der Waals surface area contributed by atoms with Crippen LogP contribution in [-0.2, 0) is 24.2 Å². The molecule has 0 spiro atoms. The van der Waals surface area contributed by atoms with Crippen LogP contribution in [-0.4, -0.2) is 29.7 Å². The van der Waals surface area contributed by atoms with Crippen LogP contribution in [0.4, 0.5) is 0 Å². The van der Waals surface area contributed by atoms with Crippen molar-refractivity contribution in [1.29, 1.82) is 0 Å². The lowest BCUT2D eigenvalue weighted by atomic mass is 9.87. The molecule has 1 atom stereocenters. The fourth-order valence-corrected chi connectivity index (χ4v) is 2.41. The summed E-state index contributed by atoms with van der Waals surface area (Å²) in [6, 6.07) is 0. The van der Waals surface area contributed by atoms with Crippen molar-refractivity contribution in [2.45, 2.75) is 39.7 Å². The Morgan fingerprint density at radius 1 is 1.44 bits per heavy atom. The molecule has 0 aromatic carbocycles. The molecule has 18 heavy (non-hydrogen) atoms. The molecule has 0 fully saturated rings. The molecule has 1 aliphatic carbocycles. The van der Waals surface area contributed by atoms with Gasteiger partial charge in [-0.15, -0.1) is 0 Å². The molecule has 1 unspecified atom stereocenters. The van der Waals surface area contributed by atoms with Gasteiger partial charge < -0.3 is 10.1 Å². The highest BCUT2D eigenvalue weighted by atomic mass is 16.5. The fourth-order valence-electron chi connectivity index (χ4n) is 2.41. The summed E-state index contributed by atoms with van der Waals surface area (Å²) in [7, 11) is 0. The Morgan fingerprint density at radius 3 is 3.11 bits per heavy atom. The molecule has 1 aromatic rings. The summed E-state index contributed by atoms with van der Waals surface area (Å²) in [6.45, 7) is 7.54. The van der Waals surface area contributed by atoms with E-state index in [0.29, 0.717) is 13.2 Å².